The Bertz CT molecular complexity index is 638. The van der Waals surface area contributed by atoms with Crippen LogP contribution in [0.4, 0.5) is 5.69 Å². The molecule has 2 heterocycles. The fraction of sp³-hybridized carbons (Fsp3) is 0.250. The van der Waals surface area contributed by atoms with E-state index in [0.717, 1.165) is 5.39 Å². The molecule has 1 atom stereocenters. The van der Waals surface area contributed by atoms with Gasteiger partial charge in [0.25, 0.3) is 5.91 Å². The van der Waals surface area contributed by atoms with Crippen LogP contribution in [0.5, 0.6) is 0 Å². The Morgan fingerprint density at radius 1 is 1.47 bits per heavy atom. The van der Waals surface area contributed by atoms with Crippen LogP contribution in [-0.4, -0.2) is 29.9 Å². The van der Waals surface area contributed by atoms with Crippen LogP contribution in [0.25, 0.3) is 10.2 Å². The summed E-state index contributed by atoms with van der Waals surface area (Å²) < 4.78 is 0. The van der Waals surface area contributed by atoms with E-state index in [1.807, 2.05) is 6.07 Å². The second-order valence-corrected chi connectivity index (χ2v) is 5.01. The lowest BCUT2D eigenvalue weighted by Gasteiger charge is -2.11. The molecule has 6 nitrogen and oxygen atoms in total. The molecule has 0 aromatic carbocycles. The number of carbonyl (C=O) groups excluding carboxylic acids is 2. The van der Waals surface area contributed by atoms with Crippen LogP contribution in [0.15, 0.2) is 18.3 Å². The first-order chi connectivity index (χ1) is 9.04. The number of fused-ring (bicyclic) bond motifs is 1. The number of thiophene rings is 1. The maximum absolute atomic E-state index is 12.1. The summed E-state index contributed by atoms with van der Waals surface area (Å²) >= 11 is 1.21. The van der Waals surface area contributed by atoms with Crippen molar-refractivity contribution in [2.24, 2.45) is 0 Å². The number of carbonyl (C=O) groups is 2. The third-order valence-electron chi connectivity index (χ3n) is 2.70. The van der Waals surface area contributed by atoms with Crippen molar-refractivity contribution >= 4 is 39.1 Å². The number of nitrogen functional groups attached to an aromatic ring is 1. The maximum atomic E-state index is 12.1. The minimum Gasteiger partial charge on any atom is -0.397 e. The Morgan fingerprint density at radius 3 is 2.84 bits per heavy atom. The van der Waals surface area contributed by atoms with Crippen LogP contribution in [0.1, 0.15) is 16.6 Å². The monoisotopic (exact) mass is 278 g/mol. The quantitative estimate of drug-likeness (QED) is 0.771. The molecule has 0 aliphatic heterocycles. The predicted octanol–water partition coefficient (Wildman–Crippen LogP) is 0.743. The molecule has 2 aromatic heterocycles. The predicted molar refractivity (Wildman–Crippen MR) is 75.0 cm³/mol. The summed E-state index contributed by atoms with van der Waals surface area (Å²) in [6.45, 7) is 1.61. The summed E-state index contributed by atoms with van der Waals surface area (Å²) in [4.78, 5) is 28.7. The van der Waals surface area contributed by atoms with Gasteiger partial charge in [-0.05, 0) is 19.1 Å². The number of aromatic nitrogens is 1. The van der Waals surface area contributed by atoms with E-state index in [4.69, 9.17) is 5.73 Å². The number of hydrogen-bond acceptors (Lipinski definition) is 5. The first-order valence-electron chi connectivity index (χ1n) is 5.70. The lowest BCUT2D eigenvalue weighted by Crippen LogP contribution is -2.43. The lowest BCUT2D eigenvalue weighted by atomic mass is 10.2. The largest absolute Gasteiger partial charge is 0.397 e. The van der Waals surface area contributed by atoms with Gasteiger partial charge in [0.05, 0.1) is 5.69 Å². The van der Waals surface area contributed by atoms with Crippen LogP contribution in [0.2, 0.25) is 0 Å². The van der Waals surface area contributed by atoms with Crippen molar-refractivity contribution in [1.29, 1.82) is 0 Å². The molecule has 4 N–H and O–H groups in total. The van der Waals surface area contributed by atoms with E-state index in [0.29, 0.717) is 15.4 Å². The molecular formula is C12H14N4O2S. The van der Waals surface area contributed by atoms with E-state index in [-0.39, 0.29) is 11.8 Å². The number of nitrogens with zero attached hydrogens (tertiary/aromatic N) is 1. The molecule has 100 valence electrons. The van der Waals surface area contributed by atoms with Gasteiger partial charge >= 0.3 is 0 Å². The molecule has 1 unspecified atom stereocenters. The van der Waals surface area contributed by atoms with Gasteiger partial charge in [0.2, 0.25) is 5.91 Å². The number of nitrogens with one attached hydrogen (secondary N) is 2. The molecule has 2 rings (SSSR count). The number of amides is 2. The third kappa shape index (κ3) is 2.50. The van der Waals surface area contributed by atoms with E-state index >= 15 is 0 Å². The van der Waals surface area contributed by atoms with E-state index in [1.54, 1.807) is 19.2 Å². The maximum Gasteiger partial charge on any atom is 0.264 e. The summed E-state index contributed by atoms with van der Waals surface area (Å²) in [7, 11) is 1.52. The van der Waals surface area contributed by atoms with Crippen molar-refractivity contribution in [2.45, 2.75) is 13.0 Å². The molecule has 0 bridgehead atoms. The number of pyridine rings is 1. The fourth-order valence-electron chi connectivity index (χ4n) is 1.66. The fourth-order valence-corrected chi connectivity index (χ4v) is 2.63. The normalized spacial score (nSPS) is 12.1. The zero-order valence-electron chi connectivity index (χ0n) is 10.6. The van der Waals surface area contributed by atoms with Gasteiger partial charge in [-0.3, -0.25) is 9.59 Å². The number of nitrogens with two attached hydrogens (primary N) is 1. The Labute approximate surface area is 114 Å². The molecule has 2 amide bonds. The molecule has 2 aromatic rings. The standard InChI is InChI=1S/C12H14N4O2S/c1-6(10(17)14-2)16-11(18)9-8(13)7-4-3-5-15-12(7)19-9/h3-6H,13H2,1-2H3,(H,14,17)(H,16,18). The summed E-state index contributed by atoms with van der Waals surface area (Å²) in [5.41, 5.74) is 6.33. The van der Waals surface area contributed by atoms with Crippen LogP contribution >= 0.6 is 11.3 Å². The molecule has 0 spiro atoms. The zero-order chi connectivity index (χ0) is 14.0. The molecule has 0 aliphatic rings. The van der Waals surface area contributed by atoms with Crippen LogP contribution in [-0.2, 0) is 4.79 Å². The van der Waals surface area contributed by atoms with Crippen molar-refractivity contribution in [2.75, 3.05) is 12.8 Å². The van der Waals surface area contributed by atoms with Gasteiger partial charge in [0.1, 0.15) is 15.7 Å². The molecule has 0 saturated heterocycles. The van der Waals surface area contributed by atoms with Gasteiger partial charge in [0.15, 0.2) is 0 Å². The summed E-state index contributed by atoms with van der Waals surface area (Å²) in [5.74, 6) is -0.622. The topological polar surface area (TPSA) is 97.1 Å². The number of likely N-dealkylation sites (N-methyl/N-ethyl adjacent to an activating group) is 1. The van der Waals surface area contributed by atoms with E-state index < -0.39 is 6.04 Å². The van der Waals surface area contributed by atoms with Gasteiger partial charge < -0.3 is 16.4 Å². The first kappa shape index (κ1) is 13.3. The first-order valence-corrected chi connectivity index (χ1v) is 6.51. The second kappa shape index (κ2) is 5.23. The van der Waals surface area contributed by atoms with Crippen LogP contribution < -0.4 is 16.4 Å². The average Bonchev–Trinajstić information content (AvgIpc) is 2.75. The smallest absolute Gasteiger partial charge is 0.264 e. The number of hydrogen-bond donors (Lipinski definition) is 3. The highest BCUT2D eigenvalue weighted by atomic mass is 32.1. The van der Waals surface area contributed by atoms with Gasteiger partial charge in [-0.2, -0.15) is 0 Å². The number of rotatable bonds is 3. The number of anilines is 1. The zero-order valence-corrected chi connectivity index (χ0v) is 11.4. The van der Waals surface area contributed by atoms with Crippen LogP contribution in [0, 0.1) is 0 Å². The van der Waals surface area contributed by atoms with Crippen molar-refractivity contribution in [3.8, 4) is 0 Å². The molecule has 0 aliphatic carbocycles. The molecule has 0 radical (unpaired) electrons. The van der Waals surface area contributed by atoms with E-state index in [9.17, 15) is 9.59 Å². The molecule has 7 heteroatoms. The van der Waals surface area contributed by atoms with Gasteiger partial charge in [-0.15, -0.1) is 11.3 Å². The molecule has 0 fully saturated rings. The van der Waals surface area contributed by atoms with Crippen molar-refractivity contribution in [3.05, 3.63) is 23.2 Å². The third-order valence-corrected chi connectivity index (χ3v) is 3.83. The van der Waals surface area contributed by atoms with Crippen molar-refractivity contribution in [1.82, 2.24) is 15.6 Å². The summed E-state index contributed by atoms with van der Waals surface area (Å²) in [6, 6.07) is 2.96. The molecule has 19 heavy (non-hydrogen) atoms. The Kier molecular flexibility index (Phi) is 3.66. The summed E-state index contributed by atoms with van der Waals surface area (Å²) in [6.07, 6.45) is 1.65. The highest BCUT2D eigenvalue weighted by molar-refractivity contribution is 7.21. The molecule has 0 saturated carbocycles. The minimum atomic E-state index is -0.616. The minimum absolute atomic E-state index is 0.258. The van der Waals surface area contributed by atoms with Gasteiger partial charge in [-0.25, -0.2) is 4.98 Å². The second-order valence-electron chi connectivity index (χ2n) is 4.01. The van der Waals surface area contributed by atoms with E-state index in [1.165, 1.54) is 18.4 Å². The van der Waals surface area contributed by atoms with Crippen molar-refractivity contribution in [3.63, 3.8) is 0 Å². The van der Waals surface area contributed by atoms with Gasteiger partial charge in [-0.1, -0.05) is 0 Å². The summed E-state index contributed by atoms with van der Waals surface area (Å²) in [5, 5.41) is 5.82. The lowest BCUT2D eigenvalue weighted by molar-refractivity contribution is -0.122. The molecular weight excluding hydrogens is 264 g/mol. The average molecular weight is 278 g/mol. The van der Waals surface area contributed by atoms with E-state index in [2.05, 4.69) is 15.6 Å². The van der Waals surface area contributed by atoms with Crippen molar-refractivity contribution < 1.29 is 9.59 Å². The highest BCUT2D eigenvalue weighted by Gasteiger charge is 2.20. The Morgan fingerprint density at radius 2 is 2.21 bits per heavy atom. The van der Waals surface area contributed by atoms with Crippen LogP contribution in [0.3, 0.4) is 0 Å². The van der Waals surface area contributed by atoms with Gasteiger partial charge in [0, 0.05) is 18.6 Å². The highest BCUT2D eigenvalue weighted by Crippen LogP contribution is 2.31. The Hall–Kier alpha value is -2.15. The Balaban J connectivity index is 2.27. The SMILES string of the molecule is CNC(=O)C(C)NC(=O)c1sc2ncccc2c1N.